The van der Waals surface area contributed by atoms with E-state index in [0.717, 1.165) is 16.8 Å². The summed E-state index contributed by atoms with van der Waals surface area (Å²) in [6, 6.07) is 18.8. The molecular weight excluding hydrogens is 314 g/mol. The summed E-state index contributed by atoms with van der Waals surface area (Å²) < 4.78 is 1.62. The van der Waals surface area contributed by atoms with Gasteiger partial charge in [0.05, 0.1) is 5.69 Å². The van der Waals surface area contributed by atoms with Gasteiger partial charge in [0.15, 0.2) is 5.65 Å². The molecule has 0 saturated carbocycles. The monoisotopic (exact) mass is 329 g/mol. The summed E-state index contributed by atoms with van der Waals surface area (Å²) in [6.07, 6.45) is 1.56. The van der Waals surface area contributed by atoms with Crippen molar-refractivity contribution in [3.05, 3.63) is 78.1 Å². The third kappa shape index (κ3) is 3.10. The first-order valence-corrected chi connectivity index (χ1v) is 7.84. The molecule has 0 atom stereocenters. The van der Waals surface area contributed by atoms with E-state index in [9.17, 15) is 4.79 Å². The van der Waals surface area contributed by atoms with Crippen molar-refractivity contribution >= 4 is 17.2 Å². The fourth-order valence-corrected chi connectivity index (χ4v) is 2.55. The van der Waals surface area contributed by atoms with Crippen LogP contribution < -0.4 is 5.32 Å². The van der Waals surface area contributed by atoms with E-state index in [2.05, 4.69) is 20.6 Å². The van der Waals surface area contributed by atoms with Crippen molar-refractivity contribution in [2.75, 3.05) is 5.32 Å². The number of carbonyl (C=O) groups is 1. The highest BCUT2D eigenvalue weighted by Crippen LogP contribution is 2.21. The number of hydrogen-bond donors (Lipinski definition) is 1. The molecule has 0 fully saturated rings. The highest BCUT2D eigenvalue weighted by Gasteiger charge is 2.08. The van der Waals surface area contributed by atoms with E-state index >= 15 is 0 Å². The molecule has 122 valence electrons. The Labute approximate surface area is 144 Å². The lowest BCUT2D eigenvalue weighted by Gasteiger charge is -2.08. The zero-order chi connectivity index (χ0) is 17.2. The van der Waals surface area contributed by atoms with Gasteiger partial charge in [0.25, 0.3) is 5.91 Å². The van der Waals surface area contributed by atoms with Crippen LogP contribution in [0, 0.1) is 6.92 Å². The minimum Gasteiger partial charge on any atom is -0.322 e. The second-order valence-corrected chi connectivity index (χ2v) is 5.75. The summed E-state index contributed by atoms with van der Waals surface area (Å²) in [5, 5.41) is 15.2. The molecule has 1 N–H and O–H groups in total. The van der Waals surface area contributed by atoms with Gasteiger partial charge in [-0.05, 0) is 43.3 Å². The van der Waals surface area contributed by atoms with E-state index in [4.69, 9.17) is 0 Å². The van der Waals surface area contributed by atoms with Gasteiger partial charge in [-0.25, -0.2) is 0 Å². The van der Waals surface area contributed by atoms with Crippen LogP contribution in [0.25, 0.3) is 16.9 Å². The van der Waals surface area contributed by atoms with Gasteiger partial charge in [0.1, 0.15) is 6.33 Å². The van der Waals surface area contributed by atoms with E-state index in [1.165, 1.54) is 0 Å². The second-order valence-electron chi connectivity index (χ2n) is 5.75. The number of nitrogens with one attached hydrogen (secondary N) is 1. The Kier molecular flexibility index (Phi) is 3.70. The minimum atomic E-state index is -0.139. The van der Waals surface area contributed by atoms with Crippen molar-refractivity contribution in [1.82, 2.24) is 19.8 Å². The molecule has 0 unspecified atom stereocenters. The maximum absolute atomic E-state index is 12.4. The first kappa shape index (κ1) is 15.0. The molecule has 25 heavy (non-hydrogen) atoms. The predicted octanol–water partition coefficient (Wildman–Crippen LogP) is 3.35. The van der Waals surface area contributed by atoms with Crippen molar-refractivity contribution in [2.24, 2.45) is 0 Å². The first-order valence-electron chi connectivity index (χ1n) is 7.84. The summed E-state index contributed by atoms with van der Waals surface area (Å²) in [5.41, 5.74) is 4.83. The Balaban J connectivity index is 1.60. The zero-order valence-corrected chi connectivity index (χ0v) is 13.5. The van der Waals surface area contributed by atoms with Crippen LogP contribution in [0.1, 0.15) is 15.9 Å². The molecule has 4 aromatic rings. The number of aryl methyl sites for hydroxylation is 1. The lowest BCUT2D eigenvalue weighted by Crippen LogP contribution is -2.11. The average Bonchev–Trinajstić information content (AvgIpc) is 3.10. The van der Waals surface area contributed by atoms with Gasteiger partial charge in [-0.15, -0.1) is 10.2 Å². The van der Waals surface area contributed by atoms with Crippen molar-refractivity contribution in [1.29, 1.82) is 0 Å². The van der Waals surface area contributed by atoms with Crippen LogP contribution in [0.15, 0.2) is 67.0 Å². The molecular formula is C19H15N5O. The molecule has 0 aliphatic heterocycles. The molecule has 0 radical (unpaired) electrons. The lowest BCUT2D eigenvalue weighted by atomic mass is 10.1. The zero-order valence-electron chi connectivity index (χ0n) is 13.5. The Morgan fingerprint density at radius 3 is 2.72 bits per heavy atom. The third-order valence-corrected chi connectivity index (χ3v) is 3.89. The van der Waals surface area contributed by atoms with E-state index < -0.39 is 0 Å². The standard InChI is InChI=1S/C19H15N5O/c1-13-5-7-14(8-6-13)19(25)21-16-4-2-3-15(11-16)17-9-10-18-22-20-12-24(18)23-17/h2-12H,1H3,(H,21,25). The highest BCUT2D eigenvalue weighted by molar-refractivity contribution is 6.04. The van der Waals surface area contributed by atoms with E-state index in [1.807, 2.05) is 67.6 Å². The number of fused-ring (bicyclic) bond motifs is 1. The van der Waals surface area contributed by atoms with Crippen molar-refractivity contribution in [3.63, 3.8) is 0 Å². The SMILES string of the molecule is Cc1ccc(C(=O)Nc2cccc(-c3ccc4nncn4n3)c2)cc1. The average molecular weight is 329 g/mol. The number of rotatable bonds is 3. The maximum Gasteiger partial charge on any atom is 0.255 e. The Morgan fingerprint density at radius 2 is 1.88 bits per heavy atom. The molecule has 0 bridgehead atoms. The number of anilines is 1. The quantitative estimate of drug-likeness (QED) is 0.625. The lowest BCUT2D eigenvalue weighted by molar-refractivity contribution is 0.102. The van der Waals surface area contributed by atoms with Gasteiger partial charge < -0.3 is 5.32 Å². The fraction of sp³-hybridized carbons (Fsp3) is 0.0526. The minimum absolute atomic E-state index is 0.139. The number of amides is 1. The molecule has 0 spiro atoms. The largest absolute Gasteiger partial charge is 0.322 e. The molecule has 2 aromatic carbocycles. The molecule has 0 aliphatic carbocycles. The van der Waals surface area contributed by atoms with Crippen LogP contribution in [0.3, 0.4) is 0 Å². The Morgan fingerprint density at radius 1 is 1.04 bits per heavy atom. The van der Waals surface area contributed by atoms with Gasteiger partial charge in [0.2, 0.25) is 0 Å². The van der Waals surface area contributed by atoms with Gasteiger partial charge in [0, 0.05) is 16.8 Å². The van der Waals surface area contributed by atoms with Crippen LogP contribution in [-0.2, 0) is 0 Å². The van der Waals surface area contributed by atoms with Crippen molar-refractivity contribution in [3.8, 4) is 11.3 Å². The Bertz CT molecular complexity index is 1050. The van der Waals surface area contributed by atoms with Crippen LogP contribution >= 0.6 is 0 Å². The summed E-state index contributed by atoms with van der Waals surface area (Å²) in [5.74, 6) is -0.139. The summed E-state index contributed by atoms with van der Waals surface area (Å²) in [6.45, 7) is 1.99. The second kappa shape index (κ2) is 6.16. The molecule has 0 aliphatic rings. The van der Waals surface area contributed by atoms with Gasteiger partial charge in [-0.2, -0.15) is 9.61 Å². The smallest absolute Gasteiger partial charge is 0.255 e. The Hall–Kier alpha value is -3.54. The van der Waals surface area contributed by atoms with E-state index in [-0.39, 0.29) is 5.91 Å². The van der Waals surface area contributed by atoms with Gasteiger partial charge in [-0.1, -0.05) is 29.8 Å². The fourth-order valence-electron chi connectivity index (χ4n) is 2.55. The van der Waals surface area contributed by atoms with Gasteiger partial charge >= 0.3 is 0 Å². The summed E-state index contributed by atoms with van der Waals surface area (Å²) >= 11 is 0. The molecule has 6 heteroatoms. The van der Waals surface area contributed by atoms with Crippen LogP contribution in [0.5, 0.6) is 0 Å². The number of benzene rings is 2. The first-order chi connectivity index (χ1) is 12.2. The predicted molar refractivity (Wildman–Crippen MR) is 95.4 cm³/mol. The third-order valence-electron chi connectivity index (χ3n) is 3.89. The number of aromatic nitrogens is 4. The maximum atomic E-state index is 12.4. The summed E-state index contributed by atoms with van der Waals surface area (Å²) in [7, 11) is 0. The number of carbonyl (C=O) groups excluding carboxylic acids is 1. The molecule has 0 saturated heterocycles. The number of hydrogen-bond acceptors (Lipinski definition) is 4. The van der Waals surface area contributed by atoms with E-state index in [1.54, 1.807) is 10.8 Å². The van der Waals surface area contributed by atoms with Crippen LogP contribution in [0.4, 0.5) is 5.69 Å². The summed E-state index contributed by atoms with van der Waals surface area (Å²) in [4.78, 5) is 12.4. The topological polar surface area (TPSA) is 72.2 Å². The highest BCUT2D eigenvalue weighted by atomic mass is 16.1. The van der Waals surface area contributed by atoms with Crippen LogP contribution in [-0.4, -0.2) is 25.7 Å². The molecule has 4 rings (SSSR count). The van der Waals surface area contributed by atoms with Crippen molar-refractivity contribution < 1.29 is 4.79 Å². The normalized spacial score (nSPS) is 10.8. The van der Waals surface area contributed by atoms with Crippen molar-refractivity contribution in [2.45, 2.75) is 6.92 Å². The van der Waals surface area contributed by atoms with Crippen LogP contribution in [0.2, 0.25) is 0 Å². The molecule has 2 aromatic heterocycles. The van der Waals surface area contributed by atoms with Gasteiger partial charge in [-0.3, -0.25) is 4.79 Å². The molecule has 6 nitrogen and oxygen atoms in total. The van der Waals surface area contributed by atoms with E-state index in [0.29, 0.717) is 16.9 Å². The molecule has 1 amide bonds. The number of nitrogens with zero attached hydrogens (tertiary/aromatic N) is 4. The molecule has 2 heterocycles.